The molecule has 1 atom stereocenters. The highest BCUT2D eigenvalue weighted by Gasteiger charge is 2.51. The van der Waals surface area contributed by atoms with Crippen molar-refractivity contribution in [1.29, 1.82) is 5.26 Å². The molecule has 1 unspecified atom stereocenters. The van der Waals surface area contributed by atoms with Gasteiger partial charge in [-0.05, 0) is 62.5 Å². The average Bonchev–Trinajstić information content (AvgIpc) is 2.96. The van der Waals surface area contributed by atoms with E-state index in [1.54, 1.807) is 42.6 Å². The smallest absolute Gasteiger partial charge is 0.417 e. The highest BCUT2D eigenvalue weighted by molar-refractivity contribution is 7.99. The highest BCUT2D eigenvalue weighted by atomic mass is 32.2. The van der Waals surface area contributed by atoms with Gasteiger partial charge < -0.3 is 14.7 Å². The fraction of sp³-hybridized carbons (Fsp3) is 0.348. The standard InChI is InChI=1S/C23H20F3N3O3S2/c1-22(2)20(31)28(14-4-3-13(11-27)17(9-14)23(24,25)26)21(33)29(22)15-5-6-18-19(10-15)34-12-16(32-18)7-8-30/h3-6,9-10,16,30H,7-8,12H2,1-2H3. The van der Waals surface area contributed by atoms with Crippen LogP contribution in [0.5, 0.6) is 5.75 Å². The van der Waals surface area contributed by atoms with Crippen LogP contribution >= 0.6 is 24.0 Å². The summed E-state index contributed by atoms with van der Waals surface area (Å²) in [7, 11) is 0. The third-order valence-electron chi connectivity index (χ3n) is 5.71. The first kappa shape index (κ1) is 24.3. The number of nitrogens with zero attached hydrogens (tertiary/aromatic N) is 3. The molecule has 0 radical (unpaired) electrons. The molecule has 0 bridgehead atoms. The Kier molecular flexibility index (Phi) is 6.27. The third-order valence-corrected chi connectivity index (χ3v) is 7.24. The van der Waals surface area contributed by atoms with Gasteiger partial charge in [-0.3, -0.25) is 9.69 Å². The molecule has 1 fully saturated rings. The molecule has 0 aromatic heterocycles. The number of hydrogen-bond donors (Lipinski definition) is 1. The number of anilines is 2. The van der Waals surface area contributed by atoms with Gasteiger partial charge in [-0.2, -0.15) is 18.4 Å². The molecule has 0 saturated carbocycles. The topological polar surface area (TPSA) is 76.8 Å². The quantitative estimate of drug-likeness (QED) is 0.600. The highest BCUT2D eigenvalue weighted by Crippen LogP contribution is 2.43. The number of halogens is 3. The van der Waals surface area contributed by atoms with E-state index in [-0.39, 0.29) is 23.5 Å². The molecule has 4 rings (SSSR count). The molecule has 0 aliphatic carbocycles. The van der Waals surface area contributed by atoms with E-state index in [9.17, 15) is 18.0 Å². The Morgan fingerprint density at radius 3 is 2.62 bits per heavy atom. The number of hydrogen-bond acceptors (Lipinski definition) is 6. The Balaban J connectivity index is 1.71. The van der Waals surface area contributed by atoms with Crippen molar-refractivity contribution in [3.8, 4) is 11.8 Å². The number of aliphatic hydroxyl groups is 1. The van der Waals surface area contributed by atoms with Gasteiger partial charge >= 0.3 is 6.18 Å². The SMILES string of the molecule is CC1(C)C(=O)N(c2ccc(C#N)c(C(F)(F)F)c2)C(=S)N1c1ccc2c(c1)SCC(CCO)O2. The lowest BCUT2D eigenvalue weighted by molar-refractivity contribution is -0.137. The number of fused-ring (bicyclic) bond motifs is 1. The molecule has 2 aliphatic rings. The van der Waals surface area contributed by atoms with Crippen molar-refractivity contribution in [2.75, 3.05) is 22.2 Å². The summed E-state index contributed by atoms with van der Waals surface area (Å²) in [6.07, 6.45) is -4.34. The fourth-order valence-electron chi connectivity index (χ4n) is 3.99. The summed E-state index contributed by atoms with van der Waals surface area (Å²) in [5, 5.41) is 18.3. The summed E-state index contributed by atoms with van der Waals surface area (Å²) < 4.78 is 46.4. The molecular formula is C23H20F3N3O3S2. The van der Waals surface area contributed by atoms with Crippen LogP contribution in [0.2, 0.25) is 0 Å². The first-order chi connectivity index (χ1) is 16.0. The lowest BCUT2D eigenvalue weighted by Gasteiger charge is -2.31. The van der Waals surface area contributed by atoms with Gasteiger partial charge in [0.25, 0.3) is 5.91 Å². The summed E-state index contributed by atoms with van der Waals surface area (Å²) >= 11 is 7.13. The number of amides is 1. The number of carbonyl (C=O) groups excluding carboxylic acids is 1. The molecule has 6 nitrogen and oxygen atoms in total. The zero-order chi connectivity index (χ0) is 24.8. The summed E-state index contributed by atoms with van der Waals surface area (Å²) in [6, 6.07) is 9.98. The Bertz CT molecular complexity index is 1210. The molecule has 1 N–H and O–H groups in total. The number of thiocarbonyl (C=S) groups is 1. The number of rotatable bonds is 4. The first-order valence-electron chi connectivity index (χ1n) is 10.3. The van der Waals surface area contributed by atoms with Crippen LogP contribution in [0, 0.1) is 11.3 Å². The molecule has 1 amide bonds. The van der Waals surface area contributed by atoms with Crippen LogP contribution in [0.15, 0.2) is 41.3 Å². The number of nitriles is 1. The Morgan fingerprint density at radius 1 is 1.26 bits per heavy atom. The Hall–Kier alpha value is -2.81. The molecule has 1 saturated heterocycles. The minimum atomic E-state index is -4.76. The number of aliphatic hydroxyl groups excluding tert-OH is 1. The molecule has 2 heterocycles. The van der Waals surface area contributed by atoms with E-state index in [0.29, 0.717) is 23.6 Å². The van der Waals surface area contributed by atoms with E-state index >= 15 is 0 Å². The van der Waals surface area contributed by atoms with Gasteiger partial charge in [0, 0.05) is 24.5 Å². The molecule has 0 spiro atoms. The van der Waals surface area contributed by atoms with Gasteiger partial charge in [-0.25, -0.2) is 0 Å². The van der Waals surface area contributed by atoms with Crippen molar-refractivity contribution in [2.24, 2.45) is 0 Å². The van der Waals surface area contributed by atoms with Crippen LogP contribution in [-0.4, -0.2) is 40.1 Å². The van der Waals surface area contributed by atoms with Crippen molar-refractivity contribution in [2.45, 2.75) is 43.0 Å². The maximum absolute atomic E-state index is 13.5. The Morgan fingerprint density at radius 2 is 1.97 bits per heavy atom. The van der Waals surface area contributed by atoms with Crippen LogP contribution in [0.3, 0.4) is 0 Å². The second-order valence-electron chi connectivity index (χ2n) is 8.35. The van der Waals surface area contributed by atoms with Crippen LogP contribution in [-0.2, 0) is 11.0 Å². The maximum atomic E-state index is 13.5. The molecular weight excluding hydrogens is 487 g/mol. The molecule has 2 aromatic rings. The number of thioether (sulfide) groups is 1. The maximum Gasteiger partial charge on any atom is 0.417 e. The van der Waals surface area contributed by atoms with Gasteiger partial charge in [0.2, 0.25) is 0 Å². The number of ether oxygens (including phenoxy) is 1. The van der Waals surface area contributed by atoms with Gasteiger partial charge in [0.05, 0.1) is 27.8 Å². The minimum Gasteiger partial charge on any atom is -0.488 e. The van der Waals surface area contributed by atoms with Gasteiger partial charge in [-0.1, -0.05) is 0 Å². The largest absolute Gasteiger partial charge is 0.488 e. The summed E-state index contributed by atoms with van der Waals surface area (Å²) in [4.78, 5) is 16.9. The number of carbonyl (C=O) groups is 1. The number of alkyl halides is 3. The summed E-state index contributed by atoms with van der Waals surface area (Å²) in [5.41, 5.74) is -2.28. The fourth-order valence-corrected chi connectivity index (χ4v) is 5.57. The van der Waals surface area contributed by atoms with E-state index in [0.717, 1.165) is 21.9 Å². The van der Waals surface area contributed by atoms with E-state index in [1.807, 2.05) is 6.07 Å². The predicted octanol–water partition coefficient (Wildman–Crippen LogP) is 4.73. The number of benzene rings is 2. The second kappa shape index (κ2) is 8.76. The third kappa shape index (κ3) is 4.10. The van der Waals surface area contributed by atoms with Gasteiger partial charge in [0.15, 0.2) is 5.11 Å². The molecule has 34 heavy (non-hydrogen) atoms. The minimum absolute atomic E-state index is 0.0260. The molecule has 2 aliphatic heterocycles. The van der Waals surface area contributed by atoms with Crippen molar-refractivity contribution in [1.82, 2.24) is 0 Å². The lowest BCUT2D eigenvalue weighted by Crippen LogP contribution is -2.44. The molecule has 11 heteroatoms. The van der Waals surface area contributed by atoms with Crippen LogP contribution in [0.4, 0.5) is 24.5 Å². The average molecular weight is 508 g/mol. The lowest BCUT2D eigenvalue weighted by atomic mass is 10.0. The first-order valence-corrected chi connectivity index (χ1v) is 11.7. The van der Waals surface area contributed by atoms with Crippen molar-refractivity contribution in [3.05, 3.63) is 47.5 Å². The summed E-state index contributed by atoms with van der Waals surface area (Å²) in [6.45, 7) is 3.32. The van der Waals surface area contributed by atoms with Crippen molar-refractivity contribution in [3.63, 3.8) is 0 Å². The normalized spacial score (nSPS) is 19.6. The van der Waals surface area contributed by atoms with E-state index in [1.165, 1.54) is 12.1 Å². The predicted molar refractivity (Wildman–Crippen MR) is 126 cm³/mol. The van der Waals surface area contributed by atoms with Crippen molar-refractivity contribution >= 4 is 46.4 Å². The summed E-state index contributed by atoms with van der Waals surface area (Å²) in [5.74, 6) is 0.827. The second-order valence-corrected chi connectivity index (χ2v) is 9.78. The zero-order valence-corrected chi connectivity index (χ0v) is 19.9. The van der Waals surface area contributed by atoms with Crippen LogP contribution in [0.25, 0.3) is 0 Å². The monoisotopic (exact) mass is 507 g/mol. The van der Waals surface area contributed by atoms with E-state index in [2.05, 4.69) is 0 Å². The van der Waals surface area contributed by atoms with E-state index in [4.69, 9.17) is 27.3 Å². The van der Waals surface area contributed by atoms with Gasteiger partial charge in [0.1, 0.15) is 17.4 Å². The zero-order valence-electron chi connectivity index (χ0n) is 18.2. The van der Waals surface area contributed by atoms with E-state index < -0.39 is 28.7 Å². The Labute approximate surface area is 203 Å². The van der Waals surface area contributed by atoms with Crippen molar-refractivity contribution < 1.29 is 27.8 Å². The van der Waals surface area contributed by atoms with Crippen LogP contribution < -0.4 is 14.5 Å². The van der Waals surface area contributed by atoms with Gasteiger partial charge in [-0.15, -0.1) is 11.8 Å². The molecule has 178 valence electrons. The molecule has 2 aromatic carbocycles. The van der Waals surface area contributed by atoms with Crippen LogP contribution in [0.1, 0.15) is 31.4 Å².